The molecule has 0 amide bonds. The highest BCUT2D eigenvalue weighted by atomic mass is 16.4. The average Bonchev–Trinajstić information content (AvgIpc) is 2.20. The zero-order valence-electron chi connectivity index (χ0n) is 8.99. The lowest BCUT2D eigenvalue weighted by atomic mass is 9.81. The first-order valence-corrected chi connectivity index (χ1v) is 5.01. The monoisotopic (exact) mass is 198 g/mol. The van der Waals surface area contributed by atoms with Gasteiger partial charge in [-0.1, -0.05) is 26.0 Å². The van der Waals surface area contributed by atoms with E-state index in [1.54, 1.807) is 0 Å². The van der Waals surface area contributed by atoms with E-state index in [9.17, 15) is 9.59 Å². The SMILES string of the molecule is CC.CC(=O)C1CC=CCC1C(=O)O. The topological polar surface area (TPSA) is 54.4 Å². The van der Waals surface area contributed by atoms with Gasteiger partial charge in [-0.25, -0.2) is 0 Å². The summed E-state index contributed by atoms with van der Waals surface area (Å²) in [5, 5.41) is 8.77. The zero-order chi connectivity index (χ0) is 11.1. The number of carboxylic acid groups (broad SMARTS) is 1. The highest BCUT2D eigenvalue weighted by molar-refractivity contribution is 5.85. The van der Waals surface area contributed by atoms with Gasteiger partial charge in [0.2, 0.25) is 0 Å². The van der Waals surface area contributed by atoms with E-state index in [1.165, 1.54) is 6.92 Å². The summed E-state index contributed by atoms with van der Waals surface area (Å²) >= 11 is 0. The predicted octanol–water partition coefficient (Wildman–Crippen LogP) is 2.27. The third kappa shape index (κ3) is 3.32. The highest BCUT2D eigenvalue weighted by Crippen LogP contribution is 2.26. The van der Waals surface area contributed by atoms with Crippen LogP contribution < -0.4 is 0 Å². The second kappa shape index (κ2) is 6.35. The van der Waals surface area contributed by atoms with Crippen molar-refractivity contribution in [2.24, 2.45) is 11.8 Å². The van der Waals surface area contributed by atoms with Crippen LogP contribution in [0.4, 0.5) is 0 Å². The molecule has 2 unspecified atom stereocenters. The lowest BCUT2D eigenvalue weighted by molar-refractivity contribution is -0.146. The summed E-state index contributed by atoms with van der Waals surface area (Å²) in [6, 6.07) is 0. The van der Waals surface area contributed by atoms with Gasteiger partial charge < -0.3 is 5.11 Å². The molecule has 0 saturated heterocycles. The van der Waals surface area contributed by atoms with Crippen LogP contribution in [-0.2, 0) is 9.59 Å². The summed E-state index contributed by atoms with van der Waals surface area (Å²) in [6.07, 6.45) is 4.77. The van der Waals surface area contributed by atoms with Gasteiger partial charge in [0.25, 0.3) is 0 Å². The molecular weight excluding hydrogens is 180 g/mol. The molecule has 0 aromatic heterocycles. The number of carbonyl (C=O) groups is 2. The third-order valence-corrected chi connectivity index (χ3v) is 2.27. The number of rotatable bonds is 2. The molecule has 0 fully saturated rings. The maximum atomic E-state index is 11.0. The lowest BCUT2D eigenvalue weighted by Gasteiger charge is -2.22. The molecule has 2 atom stereocenters. The first-order chi connectivity index (χ1) is 6.63. The van der Waals surface area contributed by atoms with E-state index >= 15 is 0 Å². The van der Waals surface area contributed by atoms with E-state index in [1.807, 2.05) is 26.0 Å². The summed E-state index contributed by atoms with van der Waals surface area (Å²) in [5.41, 5.74) is 0. The number of Topliss-reactive ketones (excluding diaryl/α,β-unsaturated/α-hetero) is 1. The third-order valence-electron chi connectivity index (χ3n) is 2.27. The van der Waals surface area contributed by atoms with Crippen molar-refractivity contribution in [3.8, 4) is 0 Å². The second-order valence-corrected chi connectivity index (χ2v) is 3.10. The van der Waals surface area contributed by atoms with Crippen LogP contribution in [0.5, 0.6) is 0 Å². The Labute approximate surface area is 84.8 Å². The molecular formula is C11H18O3. The summed E-state index contributed by atoms with van der Waals surface area (Å²) < 4.78 is 0. The molecule has 0 saturated carbocycles. The van der Waals surface area contributed by atoms with Gasteiger partial charge in [-0.05, 0) is 19.8 Å². The molecule has 0 aromatic carbocycles. The van der Waals surface area contributed by atoms with Crippen LogP contribution in [0, 0.1) is 11.8 Å². The Balaban J connectivity index is 0.000000791. The van der Waals surface area contributed by atoms with E-state index in [4.69, 9.17) is 5.11 Å². The maximum absolute atomic E-state index is 11.0. The largest absolute Gasteiger partial charge is 0.481 e. The van der Waals surface area contributed by atoms with Gasteiger partial charge in [0, 0.05) is 5.92 Å². The van der Waals surface area contributed by atoms with Crippen LogP contribution in [0.1, 0.15) is 33.6 Å². The molecule has 0 bridgehead atoms. The molecule has 1 N–H and O–H groups in total. The van der Waals surface area contributed by atoms with Crippen LogP contribution in [-0.4, -0.2) is 16.9 Å². The van der Waals surface area contributed by atoms with Crippen molar-refractivity contribution in [3.05, 3.63) is 12.2 Å². The van der Waals surface area contributed by atoms with Crippen LogP contribution in [0.25, 0.3) is 0 Å². The summed E-state index contributed by atoms with van der Waals surface area (Å²) in [6.45, 7) is 5.46. The molecule has 3 heteroatoms. The van der Waals surface area contributed by atoms with Crippen molar-refractivity contribution < 1.29 is 14.7 Å². The minimum Gasteiger partial charge on any atom is -0.481 e. The van der Waals surface area contributed by atoms with E-state index in [0.717, 1.165) is 0 Å². The Morgan fingerprint density at radius 3 is 1.86 bits per heavy atom. The van der Waals surface area contributed by atoms with Crippen molar-refractivity contribution >= 4 is 11.8 Å². The maximum Gasteiger partial charge on any atom is 0.307 e. The zero-order valence-corrected chi connectivity index (χ0v) is 8.99. The number of hydrogen-bond donors (Lipinski definition) is 1. The molecule has 0 radical (unpaired) electrons. The van der Waals surface area contributed by atoms with E-state index < -0.39 is 11.9 Å². The van der Waals surface area contributed by atoms with Gasteiger partial charge in [-0.2, -0.15) is 0 Å². The van der Waals surface area contributed by atoms with Crippen molar-refractivity contribution in [1.29, 1.82) is 0 Å². The Morgan fingerprint density at radius 1 is 1.14 bits per heavy atom. The Bertz CT molecular complexity index is 207. The Morgan fingerprint density at radius 2 is 1.57 bits per heavy atom. The molecule has 1 aliphatic carbocycles. The molecule has 1 aliphatic rings. The van der Waals surface area contributed by atoms with E-state index in [2.05, 4.69) is 0 Å². The number of aliphatic carboxylic acids is 1. The van der Waals surface area contributed by atoms with Crippen LogP contribution in [0.2, 0.25) is 0 Å². The van der Waals surface area contributed by atoms with Gasteiger partial charge >= 0.3 is 5.97 Å². The van der Waals surface area contributed by atoms with Crippen LogP contribution >= 0.6 is 0 Å². The minimum atomic E-state index is -0.862. The van der Waals surface area contributed by atoms with Crippen molar-refractivity contribution in [1.82, 2.24) is 0 Å². The smallest absolute Gasteiger partial charge is 0.307 e. The molecule has 14 heavy (non-hydrogen) atoms. The number of carboxylic acids is 1. The number of allylic oxidation sites excluding steroid dienone is 2. The van der Waals surface area contributed by atoms with Gasteiger partial charge in [0.1, 0.15) is 5.78 Å². The molecule has 3 nitrogen and oxygen atoms in total. The van der Waals surface area contributed by atoms with Crippen molar-refractivity contribution in [3.63, 3.8) is 0 Å². The van der Waals surface area contributed by atoms with E-state index in [-0.39, 0.29) is 11.7 Å². The van der Waals surface area contributed by atoms with Crippen molar-refractivity contribution in [2.45, 2.75) is 33.6 Å². The second-order valence-electron chi connectivity index (χ2n) is 3.10. The fourth-order valence-corrected chi connectivity index (χ4v) is 1.54. The molecule has 0 aromatic rings. The molecule has 0 heterocycles. The quantitative estimate of drug-likeness (QED) is 0.692. The standard InChI is InChI=1S/C9H12O3.C2H6/c1-6(10)7-4-2-3-5-8(7)9(11)12;1-2/h2-3,7-8H,4-5H2,1H3,(H,11,12);1-2H3. The fourth-order valence-electron chi connectivity index (χ4n) is 1.54. The lowest BCUT2D eigenvalue weighted by Crippen LogP contribution is -2.29. The molecule has 1 rings (SSSR count). The highest BCUT2D eigenvalue weighted by Gasteiger charge is 2.31. The Hall–Kier alpha value is -1.12. The molecule has 80 valence electrons. The predicted molar refractivity (Wildman–Crippen MR) is 55.0 cm³/mol. The number of hydrogen-bond acceptors (Lipinski definition) is 2. The summed E-state index contributed by atoms with van der Waals surface area (Å²) in [4.78, 5) is 21.7. The van der Waals surface area contributed by atoms with Crippen LogP contribution in [0.3, 0.4) is 0 Å². The van der Waals surface area contributed by atoms with Crippen molar-refractivity contribution in [2.75, 3.05) is 0 Å². The molecule has 0 spiro atoms. The number of ketones is 1. The average molecular weight is 198 g/mol. The fraction of sp³-hybridized carbons (Fsp3) is 0.636. The van der Waals surface area contributed by atoms with Gasteiger partial charge in [0.05, 0.1) is 5.92 Å². The Kier molecular flexibility index (Phi) is 5.84. The van der Waals surface area contributed by atoms with E-state index in [0.29, 0.717) is 12.8 Å². The van der Waals surface area contributed by atoms with Gasteiger partial charge in [-0.3, -0.25) is 9.59 Å². The summed E-state index contributed by atoms with van der Waals surface area (Å²) in [7, 11) is 0. The summed E-state index contributed by atoms with van der Waals surface area (Å²) in [5.74, 6) is -1.70. The van der Waals surface area contributed by atoms with Gasteiger partial charge in [0.15, 0.2) is 0 Å². The number of carbonyl (C=O) groups excluding carboxylic acids is 1. The van der Waals surface area contributed by atoms with Gasteiger partial charge in [-0.15, -0.1) is 0 Å². The minimum absolute atomic E-state index is 0.0215. The molecule has 0 aliphatic heterocycles. The van der Waals surface area contributed by atoms with Crippen LogP contribution in [0.15, 0.2) is 12.2 Å². The first kappa shape index (κ1) is 12.9. The normalized spacial score (nSPS) is 24.8. The first-order valence-electron chi connectivity index (χ1n) is 5.01.